The molecule has 1 aromatic carbocycles. The Morgan fingerprint density at radius 2 is 1.92 bits per heavy atom. The summed E-state index contributed by atoms with van der Waals surface area (Å²) < 4.78 is 5.81. The number of likely N-dealkylation sites (tertiary alicyclic amines) is 1. The van der Waals surface area contributed by atoms with Crippen molar-refractivity contribution in [2.24, 2.45) is 5.92 Å². The van der Waals surface area contributed by atoms with Gasteiger partial charge in [0, 0.05) is 13.1 Å². The lowest BCUT2D eigenvalue weighted by Crippen LogP contribution is -2.42. The molecule has 132 valence electrons. The summed E-state index contributed by atoms with van der Waals surface area (Å²) in [5, 5.41) is 6.31. The number of piperidine rings is 1. The Hall–Kier alpha value is -2.63. The van der Waals surface area contributed by atoms with Gasteiger partial charge >= 0.3 is 0 Å². The average Bonchev–Trinajstić information content (AvgIpc) is 2.64. The summed E-state index contributed by atoms with van der Waals surface area (Å²) in [6.45, 7) is 5.49. The third-order valence-electron chi connectivity index (χ3n) is 4.81. The van der Waals surface area contributed by atoms with Crippen molar-refractivity contribution in [1.29, 1.82) is 0 Å². The number of nitrogens with zero attached hydrogens (tertiary/aromatic N) is 2. The van der Waals surface area contributed by atoms with E-state index in [4.69, 9.17) is 4.74 Å². The van der Waals surface area contributed by atoms with E-state index in [-0.39, 0.29) is 11.5 Å². The van der Waals surface area contributed by atoms with Crippen LogP contribution in [0, 0.1) is 19.8 Å². The number of aromatic amines is 1. The summed E-state index contributed by atoms with van der Waals surface area (Å²) in [4.78, 5) is 26.5. The molecule has 6 heteroatoms. The van der Waals surface area contributed by atoms with Crippen molar-refractivity contribution >= 4 is 5.91 Å². The van der Waals surface area contributed by atoms with Gasteiger partial charge in [0.25, 0.3) is 11.5 Å². The molecule has 0 aliphatic carbocycles. The third-order valence-corrected chi connectivity index (χ3v) is 4.81. The van der Waals surface area contributed by atoms with Gasteiger partial charge in [-0.1, -0.05) is 18.2 Å². The van der Waals surface area contributed by atoms with Gasteiger partial charge in [-0.05, 0) is 50.3 Å². The van der Waals surface area contributed by atoms with Crippen molar-refractivity contribution in [3.05, 3.63) is 57.5 Å². The normalized spacial score (nSPS) is 15.2. The van der Waals surface area contributed by atoms with Gasteiger partial charge in [0.15, 0.2) is 0 Å². The van der Waals surface area contributed by atoms with Gasteiger partial charge in [-0.25, -0.2) is 5.10 Å². The summed E-state index contributed by atoms with van der Waals surface area (Å²) in [6, 6.07) is 9.75. The van der Waals surface area contributed by atoms with Crippen LogP contribution in [0.3, 0.4) is 0 Å². The Balaban J connectivity index is 1.58. The number of carbonyl (C=O) groups excluding carboxylic acids is 1. The van der Waals surface area contributed by atoms with Crippen LogP contribution in [-0.4, -0.2) is 40.7 Å². The van der Waals surface area contributed by atoms with Crippen LogP contribution < -0.4 is 10.3 Å². The van der Waals surface area contributed by atoms with Gasteiger partial charge in [0.05, 0.1) is 12.3 Å². The Bertz CT molecular complexity index is 793. The lowest BCUT2D eigenvalue weighted by Gasteiger charge is -2.32. The maximum absolute atomic E-state index is 12.7. The number of ether oxygens (including phenoxy) is 1. The van der Waals surface area contributed by atoms with Gasteiger partial charge in [0.1, 0.15) is 11.3 Å². The first-order chi connectivity index (χ1) is 12.1. The zero-order valence-corrected chi connectivity index (χ0v) is 14.6. The third kappa shape index (κ3) is 3.90. The molecule has 6 nitrogen and oxygen atoms in total. The van der Waals surface area contributed by atoms with Crippen LogP contribution in [-0.2, 0) is 0 Å². The summed E-state index contributed by atoms with van der Waals surface area (Å²) in [5.74, 6) is 1.09. The molecule has 0 bridgehead atoms. The highest BCUT2D eigenvalue weighted by Crippen LogP contribution is 2.21. The molecule has 0 spiro atoms. The van der Waals surface area contributed by atoms with Gasteiger partial charge in [-0.15, -0.1) is 0 Å². The van der Waals surface area contributed by atoms with E-state index in [0.29, 0.717) is 36.9 Å². The van der Waals surface area contributed by atoms with Crippen LogP contribution in [0.1, 0.15) is 34.5 Å². The minimum atomic E-state index is -0.414. The number of benzene rings is 1. The smallest absolute Gasteiger partial charge is 0.277 e. The van der Waals surface area contributed by atoms with Crippen LogP contribution in [0.2, 0.25) is 0 Å². The number of hydrogen-bond acceptors (Lipinski definition) is 4. The SMILES string of the molecule is Cc1n[nH]c(=O)c(C(=O)N2CCC(COc3ccccc3)CC2)c1C. The maximum atomic E-state index is 12.7. The molecule has 0 unspecified atom stereocenters. The molecule has 3 rings (SSSR count). The van der Waals surface area contributed by atoms with Gasteiger partial charge in [-0.2, -0.15) is 5.10 Å². The number of aryl methyl sites for hydroxylation is 1. The lowest BCUT2D eigenvalue weighted by atomic mass is 9.97. The van der Waals surface area contributed by atoms with Crippen LogP contribution in [0.15, 0.2) is 35.1 Å². The first kappa shape index (κ1) is 17.2. The monoisotopic (exact) mass is 341 g/mol. The van der Waals surface area contributed by atoms with Crippen LogP contribution in [0.5, 0.6) is 5.75 Å². The Labute approximate surface area is 146 Å². The summed E-state index contributed by atoms with van der Waals surface area (Å²) in [5.41, 5.74) is 1.13. The maximum Gasteiger partial charge on any atom is 0.277 e. The molecule has 1 fully saturated rings. The lowest BCUT2D eigenvalue weighted by molar-refractivity contribution is 0.0658. The van der Waals surface area contributed by atoms with E-state index in [1.807, 2.05) is 30.3 Å². The number of para-hydroxylation sites is 1. The fourth-order valence-corrected chi connectivity index (χ4v) is 3.07. The second-order valence-corrected chi connectivity index (χ2v) is 6.50. The Kier molecular flexibility index (Phi) is 5.16. The first-order valence-electron chi connectivity index (χ1n) is 8.59. The van der Waals surface area contributed by atoms with Crippen molar-refractivity contribution in [3.8, 4) is 5.75 Å². The minimum Gasteiger partial charge on any atom is -0.493 e. The van der Waals surface area contributed by atoms with Crippen LogP contribution in [0.25, 0.3) is 0 Å². The molecule has 2 heterocycles. The molecule has 1 N–H and O–H groups in total. The van der Waals surface area contributed by atoms with E-state index in [1.54, 1.807) is 18.7 Å². The number of rotatable bonds is 4. The molecule has 0 saturated carbocycles. The quantitative estimate of drug-likeness (QED) is 0.926. The molecule has 1 saturated heterocycles. The van der Waals surface area contributed by atoms with E-state index in [2.05, 4.69) is 10.2 Å². The van der Waals surface area contributed by atoms with E-state index in [9.17, 15) is 9.59 Å². The van der Waals surface area contributed by atoms with E-state index in [1.165, 1.54) is 0 Å². The van der Waals surface area contributed by atoms with Crippen molar-refractivity contribution in [2.45, 2.75) is 26.7 Å². The molecule has 0 atom stereocenters. The van der Waals surface area contributed by atoms with Crippen LogP contribution >= 0.6 is 0 Å². The van der Waals surface area contributed by atoms with Gasteiger partial charge in [0.2, 0.25) is 0 Å². The molecule has 1 aliphatic heterocycles. The minimum absolute atomic E-state index is 0.202. The number of amides is 1. The molecule has 1 aromatic heterocycles. The van der Waals surface area contributed by atoms with Gasteiger partial charge in [-0.3, -0.25) is 9.59 Å². The van der Waals surface area contributed by atoms with Crippen molar-refractivity contribution in [1.82, 2.24) is 15.1 Å². The number of carbonyl (C=O) groups is 1. The Morgan fingerprint density at radius 1 is 1.24 bits per heavy atom. The summed E-state index contributed by atoms with van der Waals surface area (Å²) >= 11 is 0. The highest BCUT2D eigenvalue weighted by atomic mass is 16.5. The molecule has 1 amide bonds. The largest absolute Gasteiger partial charge is 0.493 e. The van der Waals surface area contributed by atoms with E-state index < -0.39 is 5.56 Å². The fourth-order valence-electron chi connectivity index (χ4n) is 3.07. The molecular formula is C19H23N3O3. The van der Waals surface area contributed by atoms with E-state index >= 15 is 0 Å². The Morgan fingerprint density at radius 3 is 2.60 bits per heavy atom. The molecule has 0 radical (unpaired) electrons. The number of hydrogen-bond donors (Lipinski definition) is 1. The number of H-pyrrole nitrogens is 1. The zero-order valence-electron chi connectivity index (χ0n) is 14.6. The van der Waals surface area contributed by atoms with Crippen molar-refractivity contribution in [2.75, 3.05) is 19.7 Å². The molecule has 1 aliphatic rings. The second kappa shape index (κ2) is 7.51. The summed E-state index contributed by atoms with van der Waals surface area (Å²) in [6.07, 6.45) is 1.75. The molecular weight excluding hydrogens is 318 g/mol. The van der Waals surface area contributed by atoms with E-state index in [0.717, 1.165) is 18.6 Å². The standard InChI is InChI=1S/C19H23N3O3/c1-13-14(2)20-21-18(23)17(13)19(24)22-10-8-15(9-11-22)12-25-16-6-4-3-5-7-16/h3-7,15H,8-12H2,1-2H3,(H,21,23). The average molecular weight is 341 g/mol. The van der Waals surface area contributed by atoms with Crippen LogP contribution in [0.4, 0.5) is 0 Å². The van der Waals surface area contributed by atoms with Crippen molar-refractivity contribution in [3.63, 3.8) is 0 Å². The van der Waals surface area contributed by atoms with Gasteiger partial charge < -0.3 is 9.64 Å². The predicted molar refractivity (Wildman–Crippen MR) is 94.9 cm³/mol. The zero-order chi connectivity index (χ0) is 17.8. The fraction of sp³-hybridized carbons (Fsp3) is 0.421. The highest BCUT2D eigenvalue weighted by Gasteiger charge is 2.27. The predicted octanol–water partition coefficient (Wildman–Crippen LogP) is 2.32. The second-order valence-electron chi connectivity index (χ2n) is 6.50. The topological polar surface area (TPSA) is 75.3 Å². The molecule has 2 aromatic rings. The number of aromatic nitrogens is 2. The molecule has 25 heavy (non-hydrogen) atoms. The number of nitrogens with one attached hydrogen (secondary N) is 1. The highest BCUT2D eigenvalue weighted by molar-refractivity contribution is 5.95. The summed E-state index contributed by atoms with van der Waals surface area (Å²) in [7, 11) is 0. The van der Waals surface area contributed by atoms with Crippen molar-refractivity contribution < 1.29 is 9.53 Å². The first-order valence-corrected chi connectivity index (χ1v) is 8.59.